The van der Waals surface area contributed by atoms with E-state index in [9.17, 15) is 0 Å². The molecule has 1 aromatic rings. The zero-order valence-corrected chi connectivity index (χ0v) is 13.9. The van der Waals surface area contributed by atoms with Crippen LogP contribution in [0.5, 0.6) is 5.75 Å². The number of ether oxygens (including phenoxy) is 1. The number of hydrogen-bond acceptors (Lipinski definition) is 4. The number of likely N-dealkylation sites (tertiary alicyclic amines) is 1. The minimum absolute atomic E-state index is 0.0995. The zero-order valence-electron chi connectivity index (χ0n) is 13.9. The van der Waals surface area contributed by atoms with Gasteiger partial charge < -0.3 is 9.64 Å². The summed E-state index contributed by atoms with van der Waals surface area (Å²) in [7, 11) is 0. The Morgan fingerprint density at radius 1 is 1.22 bits per heavy atom. The van der Waals surface area contributed by atoms with E-state index in [4.69, 9.17) is 4.74 Å². The highest BCUT2D eigenvalue weighted by Gasteiger charge is 2.35. The molecule has 2 N–H and O–H groups in total. The van der Waals surface area contributed by atoms with Crippen LogP contribution < -0.4 is 15.6 Å². The van der Waals surface area contributed by atoms with Crippen molar-refractivity contribution in [2.24, 2.45) is 0 Å². The number of rotatable bonds is 2. The molecule has 4 rings (SSSR count). The van der Waals surface area contributed by atoms with E-state index in [0.717, 1.165) is 31.7 Å². The molecular weight excluding hydrogens is 286 g/mol. The molecule has 23 heavy (non-hydrogen) atoms. The average molecular weight is 313 g/mol. The Balaban J connectivity index is 1.40. The number of nitrogens with zero attached hydrogens (tertiary/aromatic N) is 1. The lowest BCUT2D eigenvalue weighted by molar-refractivity contribution is 0.0989. The van der Waals surface area contributed by atoms with E-state index in [1.54, 1.807) is 0 Å². The molecule has 0 aromatic heterocycles. The molecule has 3 aliphatic heterocycles. The lowest BCUT2D eigenvalue weighted by Crippen LogP contribution is -2.42. The normalized spacial score (nSPS) is 34.1. The predicted octanol–water partition coefficient (Wildman–Crippen LogP) is 2.57. The molecule has 0 bridgehead atoms. The van der Waals surface area contributed by atoms with E-state index in [1.165, 1.54) is 24.9 Å². The second-order valence-corrected chi connectivity index (χ2v) is 7.31. The van der Waals surface area contributed by atoms with Gasteiger partial charge in [-0.15, -0.1) is 0 Å². The summed E-state index contributed by atoms with van der Waals surface area (Å²) < 4.78 is 6.43. The van der Waals surface area contributed by atoms with Gasteiger partial charge in [-0.3, -0.25) is 10.9 Å². The molecule has 0 aliphatic carbocycles. The van der Waals surface area contributed by atoms with E-state index < -0.39 is 0 Å². The maximum atomic E-state index is 6.43. The van der Waals surface area contributed by atoms with Crippen LogP contribution in [0.3, 0.4) is 0 Å². The van der Waals surface area contributed by atoms with Crippen LogP contribution in [0.25, 0.3) is 6.08 Å². The zero-order chi connectivity index (χ0) is 15.7. The van der Waals surface area contributed by atoms with Gasteiger partial charge in [-0.05, 0) is 44.9 Å². The number of benzene rings is 1. The number of hydrazine groups is 1. The predicted molar refractivity (Wildman–Crippen MR) is 93.3 cm³/mol. The third-order valence-corrected chi connectivity index (χ3v) is 5.37. The summed E-state index contributed by atoms with van der Waals surface area (Å²) in [6.45, 7) is 5.66. The Bertz CT molecular complexity index is 588. The maximum absolute atomic E-state index is 6.43. The molecule has 124 valence electrons. The van der Waals surface area contributed by atoms with Crippen LogP contribution in [0.15, 0.2) is 30.3 Å². The molecule has 3 atom stereocenters. The summed E-state index contributed by atoms with van der Waals surface area (Å²) in [5.74, 6) is 1.04. The van der Waals surface area contributed by atoms with Gasteiger partial charge in [0.25, 0.3) is 0 Å². The molecule has 2 saturated heterocycles. The summed E-state index contributed by atoms with van der Waals surface area (Å²) in [6, 6.07) is 9.51. The Morgan fingerprint density at radius 3 is 3.00 bits per heavy atom. The summed E-state index contributed by atoms with van der Waals surface area (Å²) in [6.07, 6.45) is 9.15. The minimum atomic E-state index is -0.0995. The van der Waals surface area contributed by atoms with Gasteiger partial charge in [0.1, 0.15) is 11.4 Å². The van der Waals surface area contributed by atoms with Crippen LogP contribution in [0, 0.1) is 0 Å². The average Bonchev–Trinajstić information content (AvgIpc) is 2.87. The Labute approximate surface area is 138 Å². The first kappa shape index (κ1) is 15.2. The van der Waals surface area contributed by atoms with Crippen LogP contribution in [0.4, 0.5) is 0 Å². The molecule has 0 saturated carbocycles. The van der Waals surface area contributed by atoms with E-state index >= 15 is 0 Å². The highest BCUT2D eigenvalue weighted by atomic mass is 16.5. The highest BCUT2D eigenvalue weighted by Crippen LogP contribution is 2.36. The molecule has 1 spiro atoms. The molecule has 3 heterocycles. The van der Waals surface area contributed by atoms with Gasteiger partial charge >= 0.3 is 0 Å². The molecule has 4 nitrogen and oxygen atoms in total. The lowest BCUT2D eigenvalue weighted by Gasteiger charge is -2.34. The molecule has 0 radical (unpaired) electrons. The minimum Gasteiger partial charge on any atom is -0.483 e. The second kappa shape index (κ2) is 6.27. The van der Waals surface area contributed by atoms with Gasteiger partial charge in [-0.1, -0.05) is 24.3 Å². The van der Waals surface area contributed by atoms with Crippen molar-refractivity contribution in [2.75, 3.05) is 19.6 Å². The van der Waals surface area contributed by atoms with Crippen molar-refractivity contribution in [1.29, 1.82) is 0 Å². The first-order valence-corrected chi connectivity index (χ1v) is 8.93. The van der Waals surface area contributed by atoms with Crippen LogP contribution in [-0.2, 0) is 0 Å². The summed E-state index contributed by atoms with van der Waals surface area (Å²) >= 11 is 0. The van der Waals surface area contributed by atoms with Crippen LogP contribution >= 0.6 is 0 Å². The van der Waals surface area contributed by atoms with Gasteiger partial charge in [0.15, 0.2) is 0 Å². The molecule has 2 fully saturated rings. The summed E-state index contributed by atoms with van der Waals surface area (Å²) in [4.78, 5) is 2.60. The Morgan fingerprint density at radius 2 is 2.13 bits per heavy atom. The van der Waals surface area contributed by atoms with Crippen LogP contribution in [0.2, 0.25) is 0 Å². The fourth-order valence-electron chi connectivity index (χ4n) is 4.08. The molecular formula is C19H27N3O. The third-order valence-electron chi connectivity index (χ3n) is 5.37. The molecule has 3 unspecified atom stereocenters. The van der Waals surface area contributed by atoms with E-state index in [0.29, 0.717) is 12.1 Å². The van der Waals surface area contributed by atoms with Gasteiger partial charge in [0.2, 0.25) is 0 Å². The van der Waals surface area contributed by atoms with Crippen molar-refractivity contribution in [3.05, 3.63) is 35.9 Å². The highest BCUT2D eigenvalue weighted by molar-refractivity contribution is 5.60. The largest absolute Gasteiger partial charge is 0.483 e. The summed E-state index contributed by atoms with van der Waals surface area (Å²) in [5.41, 5.74) is 7.86. The van der Waals surface area contributed by atoms with Crippen LogP contribution in [0.1, 0.15) is 38.2 Å². The number of hydrogen-bond donors (Lipinski definition) is 2. The van der Waals surface area contributed by atoms with Gasteiger partial charge in [-0.2, -0.15) is 0 Å². The van der Waals surface area contributed by atoms with Crippen LogP contribution in [-0.4, -0.2) is 42.2 Å². The topological polar surface area (TPSA) is 36.5 Å². The van der Waals surface area contributed by atoms with Gasteiger partial charge in [-0.25, -0.2) is 0 Å². The fraction of sp³-hybridized carbons (Fsp3) is 0.579. The first-order valence-electron chi connectivity index (χ1n) is 8.93. The first-order chi connectivity index (χ1) is 11.2. The second-order valence-electron chi connectivity index (χ2n) is 7.31. The quantitative estimate of drug-likeness (QED) is 0.880. The number of para-hydroxylation sites is 1. The smallest absolute Gasteiger partial charge is 0.129 e. The Kier molecular flexibility index (Phi) is 4.14. The molecule has 3 aliphatic rings. The number of fused-ring (bicyclic) bond motifs is 1. The van der Waals surface area contributed by atoms with Gasteiger partial charge in [0.05, 0.1) is 0 Å². The van der Waals surface area contributed by atoms with Crippen molar-refractivity contribution >= 4 is 6.08 Å². The maximum Gasteiger partial charge on any atom is 0.129 e. The van der Waals surface area contributed by atoms with Crippen molar-refractivity contribution in [3.63, 3.8) is 0 Å². The third kappa shape index (κ3) is 3.30. The van der Waals surface area contributed by atoms with Gasteiger partial charge in [0, 0.05) is 37.2 Å². The van der Waals surface area contributed by atoms with E-state index in [1.807, 2.05) is 0 Å². The Hall–Kier alpha value is -1.36. The standard InChI is InChI=1S/C19H27N3O/c1-15-13-17(21-20-15)14-22-11-4-8-19(10-12-22)9-7-16-5-2-3-6-18(16)23-19/h2-3,5-7,9,15,17,20-21H,4,8,10-14H2,1H3. The van der Waals surface area contributed by atoms with Crippen molar-refractivity contribution < 1.29 is 4.74 Å². The van der Waals surface area contributed by atoms with Crippen molar-refractivity contribution in [2.45, 2.75) is 50.3 Å². The number of nitrogens with one attached hydrogen (secondary N) is 2. The van der Waals surface area contributed by atoms with E-state index in [-0.39, 0.29) is 5.60 Å². The molecule has 1 aromatic carbocycles. The monoisotopic (exact) mass is 313 g/mol. The lowest BCUT2D eigenvalue weighted by atomic mass is 9.91. The van der Waals surface area contributed by atoms with Crippen molar-refractivity contribution in [3.8, 4) is 5.75 Å². The molecule has 4 heteroatoms. The SMILES string of the molecule is CC1CC(CN2CCCC3(C=Cc4ccccc4O3)CC2)NN1. The fourth-order valence-corrected chi connectivity index (χ4v) is 4.08. The molecule has 0 amide bonds. The summed E-state index contributed by atoms with van der Waals surface area (Å²) in [5, 5.41) is 0. The van der Waals surface area contributed by atoms with E-state index in [2.05, 4.69) is 59.1 Å². The van der Waals surface area contributed by atoms with Crippen molar-refractivity contribution in [1.82, 2.24) is 15.8 Å².